The summed E-state index contributed by atoms with van der Waals surface area (Å²) in [5.74, 6) is -0.536. The average Bonchev–Trinajstić information content (AvgIpc) is 3.14. The zero-order valence-corrected chi connectivity index (χ0v) is 15.0. The lowest BCUT2D eigenvalue weighted by atomic mass is 10.0. The average molecular weight is 353 g/mol. The summed E-state index contributed by atoms with van der Waals surface area (Å²) >= 11 is 0. The lowest BCUT2D eigenvalue weighted by Crippen LogP contribution is -2.25. The summed E-state index contributed by atoms with van der Waals surface area (Å²) in [7, 11) is 1.37. The molecule has 1 saturated heterocycles. The first-order valence-corrected chi connectivity index (χ1v) is 9.00. The quantitative estimate of drug-likeness (QED) is 0.570. The molecule has 1 heterocycles. The number of nitrogens with zero attached hydrogens (tertiary/aromatic N) is 1. The van der Waals surface area contributed by atoms with Crippen molar-refractivity contribution in [3.05, 3.63) is 77.1 Å². The summed E-state index contributed by atoms with van der Waals surface area (Å²) in [4.78, 5) is 13.7. The topological polar surface area (TPSA) is 29.5 Å². The van der Waals surface area contributed by atoms with E-state index >= 15 is 0 Å². The van der Waals surface area contributed by atoms with Crippen molar-refractivity contribution < 1.29 is 13.9 Å². The van der Waals surface area contributed by atoms with Gasteiger partial charge in [0.05, 0.1) is 7.11 Å². The molecule has 0 amide bonds. The third kappa shape index (κ3) is 4.79. The van der Waals surface area contributed by atoms with Crippen LogP contribution in [0.15, 0.2) is 54.6 Å². The number of benzene rings is 2. The Morgan fingerprint density at radius 2 is 1.92 bits per heavy atom. The fourth-order valence-electron chi connectivity index (χ4n) is 3.46. The zero-order chi connectivity index (χ0) is 18.4. The molecule has 0 saturated carbocycles. The van der Waals surface area contributed by atoms with Gasteiger partial charge in [-0.15, -0.1) is 0 Å². The summed E-state index contributed by atoms with van der Waals surface area (Å²) in [6.45, 7) is 2.07. The molecule has 26 heavy (non-hydrogen) atoms. The van der Waals surface area contributed by atoms with Crippen LogP contribution in [0.2, 0.25) is 0 Å². The molecule has 0 radical (unpaired) electrons. The van der Waals surface area contributed by atoms with Crippen molar-refractivity contribution >= 4 is 12.0 Å². The smallest absolute Gasteiger partial charge is 0.330 e. The number of carbonyl (C=O) groups excluding carboxylic acids is 1. The van der Waals surface area contributed by atoms with Crippen LogP contribution in [0.25, 0.3) is 6.08 Å². The molecule has 3 rings (SSSR count). The van der Waals surface area contributed by atoms with E-state index in [1.165, 1.54) is 42.9 Å². The SMILES string of the molecule is COC(=O)/C=C/c1ccc([C@@H]2CCCN2CCc2ccc(F)cc2)cc1. The number of carbonyl (C=O) groups is 1. The van der Waals surface area contributed by atoms with Gasteiger partial charge in [-0.1, -0.05) is 36.4 Å². The van der Waals surface area contributed by atoms with E-state index in [0.717, 1.165) is 31.5 Å². The second kappa shape index (κ2) is 8.77. The van der Waals surface area contributed by atoms with Crippen LogP contribution in [0.3, 0.4) is 0 Å². The Kier molecular flexibility index (Phi) is 6.18. The van der Waals surface area contributed by atoms with Crippen molar-refractivity contribution in [1.29, 1.82) is 0 Å². The van der Waals surface area contributed by atoms with Gasteiger partial charge >= 0.3 is 5.97 Å². The van der Waals surface area contributed by atoms with Crippen molar-refractivity contribution in [2.24, 2.45) is 0 Å². The molecule has 0 bridgehead atoms. The van der Waals surface area contributed by atoms with Gasteiger partial charge in [-0.2, -0.15) is 0 Å². The number of esters is 1. The van der Waals surface area contributed by atoms with E-state index in [1.54, 1.807) is 6.08 Å². The van der Waals surface area contributed by atoms with Gasteiger partial charge in [-0.05, 0) is 60.7 Å². The van der Waals surface area contributed by atoms with E-state index in [1.807, 2.05) is 24.3 Å². The normalized spacial score (nSPS) is 17.7. The fraction of sp³-hybridized carbons (Fsp3) is 0.318. The minimum absolute atomic E-state index is 0.186. The number of rotatable bonds is 6. The predicted molar refractivity (Wildman–Crippen MR) is 101 cm³/mol. The Labute approximate surface area is 154 Å². The molecule has 2 aromatic rings. The van der Waals surface area contributed by atoms with Gasteiger partial charge < -0.3 is 4.74 Å². The molecule has 2 aromatic carbocycles. The zero-order valence-electron chi connectivity index (χ0n) is 15.0. The lowest BCUT2D eigenvalue weighted by Gasteiger charge is -2.25. The Morgan fingerprint density at radius 3 is 2.62 bits per heavy atom. The van der Waals surface area contributed by atoms with Gasteiger partial charge in [0.25, 0.3) is 0 Å². The number of ether oxygens (including phenoxy) is 1. The van der Waals surface area contributed by atoms with Gasteiger partial charge in [-0.3, -0.25) is 4.90 Å². The van der Waals surface area contributed by atoms with E-state index < -0.39 is 0 Å². The highest BCUT2D eigenvalue weighted by Crippen LogP contribution is 2.32. The van der Waals surface area contributed by atoms with Gasteiger partial charge in [0, 0.05) is 18.7 Å². The molecule has 0 spiro atoms. The largest absolute Gasteiger partial charge is 0.466 e. The van der Waals surface area contributed by atoms with E-state index in [9.17, 15) is 9.18 Å². The molecular weight excluding hydrogens is 329 g/mol. The molecule has 4 heteroatoms. The van der Waals surface area contributed by atoms with E-state index in [2.05, 4.69) is 21.8 Å². The first-order valence-electron chi connectivity index (χ1n) is 9.00. The van der Waals surface area contributed by atoms with Crippen molar-refractivity contribution in [2.45, 2.75) is 25.3 Å². The highest BCUT2D eigenvalue weighted by molar-refractivity contribution is 5.86. The number of likely N-dealkylation sites (tertiary alicyclic amines) is 1. The minimum atomic E-state index is -0.350. The van der Waals surface area contributed by atoms with E-state index in [0.29, 0.717) is 6.04 Å². The van der Waals surface area contributed by atoms with Crippen LogP contribution < -0.4 is 0 Å². The molecule has 1 fully saturated rings. The van der Waals surface area contributed by atoms with E-state index in [4.69, 9.17) is 0 Å². The lowest BCUT2D eigenvalue weighted by molar-refractivity contribution is -0.134. The molecule has 0 N–H and O–H groups in total. The molecule has 0 unspecified atom stereocenters. The van der Waals surface area contributed by atoms with E-state index in [-0.39, 0.29) is 11.8 Å². The summed E-state index contributed by atoms with van der Waals surface area (Å²) in [6.07, 6.45) is 6.46. The molecule has 1 aliphatic heterocycles. The van der Waals surface area contributed by atoms with Crippen LogP contribution in [0.1, 0.15) is 35.6 Å². The van der Waals surface area contributed by atoms with Crippen molar-refractivity contribution in [2.75, 3.05) is 20.2 Å². The third-order valence-electron chi connectivity index (χ3n) is 4.90. The van der Waals surface area contributed by atoms with Crippen molar-refractivity contribution in [3.63, 3.8) is 0 Å². The maximum atomic E-state index is 13.0. The Hall–Kier alpha value is -2.46. The molecule has 3 nitrogen and oxygen atoms in total. The number of halogens is 1. The van der Waals surface area contributed by atoms with Crippen LogP contribution in [0.4, 0.5) is 4.39 Å². The Balaban J connectivity index is 1.61. The van der Waals surface area contributed by atoms with Crippen LogP contribution in [0.5, 0.6) is 0 Å². The first kappa shape index (κ1) is 18.3. The van der Waals surface area contributed by atoms with Gasteiger partial charge in [0.2, 0.25) is 0 Å². The molecule has 1 aliphatic rings. The second-order valence-corrected chi connectivity index (χ2v) is 6.59. The van der Waals surface area contributed by atoms with Crippen LogP contribution in [0, 0.1) is 5.82 Å². The van der Waals surface area contributed by atoms with Gasteiger partial charge in [0.15, 0.2) is 0 Å². The molecule has 1 atom stereocenters. The molecule has 0 aromatic heterocycles. The molecule has 0 aliphatic carbocycles. The predicted octanol–water partition coefficient (Wildman–Crippen LogP) is 4.39. The maximum absolute atomic E-state index is 13.0. The summed E-state index contributed by atoms with van der Waals surface area (Å²) in [5.41, 5.74) is 3.45. The number of hydrogen-bond donors (Lipinski definition) is 0. The maximum Gasteiger partial charge on any atom is 0.330 e. The second-order valence-electron chi connectivity index (χ2n) is 6.59. The first-order chi connectivity index (χ1) is 12.7. The minimum Gasteiger partial charge on any atom is -0.466 e. The van der Waals surface area contributed by atoms with Crippen LogP contribution in [-0.2, 0) is 16.0 Å². The van der Waals surface area contributed by atoms with Crippen LogP contribution in [-0.4, -0.2) is 31.1 Å². The van der Waals surface area contributed by atoms with Gasteiger partial charge in [-0.25, -0.2) is 9.18 Å². The monoisotopic (exact) mass is 353 g/mol. The standard InChI is InChI=1S/C22H24FNO2/c1-26-22(25)13-8-17-4-9-19(10-5-17)21-3-2-15-24(21)16-14-18-6-11-20(23)12-7-18/h4-13,21H,2-3,14-16H2,1H3/b13-8+/t21-/m0/s1. The highest BCUT2D eigenvalue weighted by Gasteiger charge is 2.25. The van der Waals surface area contributed by atoms with Crippen LogP contribution >= 0.6 is 0 Å². The summed E-state index contributed by atoms with van der Waals surface area (Å²) < 4.78 is 17.6. The van der Waals surface area contributed by atoms with Crippen molar-refractivity contribution in [3.8, 4) is 0 Å². The fourth-order valence-corrected chi connectivity index (χ4v) is 3.46. The summed E-state index contributed by atoms with van der Waals surface area (Å²) in [6, 6.07) is 15.5. The van der Waals surface area contributed by atoms with Gasteiger partial charge in [0.1, 0.15) is 5.82 Å². The molecule has 136 valence electrons. The number of methoxy groups -OCH3 is 1. The third-order valence-corrected chi connectivity index (χ3v) is 4.90. The molecular formula is C22H24FNO2. The Bertz CT molecular complexity index is 753. The summed E-state index contributed by atoms with van der Waals surface area (Å²) in [5, 5.41) is 0. The van der Waals surface area contributed by atoms with Crippen molar-refractivity contribution in [1.82, 2.24) is 4.90 Å². The Morgan fingerprint density at radius 1 is 1.19 bits per heavy atom. The highest BCUT2D eigenvalue weighted by atomic mass is 19.1. The number of hydrogen-bond acceptors (Lipinski definition) is 3.